The number of sulfonamides is 1. The minimum atomic E-state index is -3.56. The van der Waals surface area contributed by atoms with Crippen LogP contribution in [0.1, 0.15) is 56.3 Å². The maximum atomic E-state index is 12.4. The number of hydrogen-bond acceptors (Lipinski definition) is 3. The van der Waals surface area contributed by atoms with Crippen LogP contribution in [0, 0.1) is 0 Å². The number of carbonyl (C=O) groups is 1. The van der Waals surface area contributed by atoms with Gasteiger partial charge in [-0.05, 0) is 44.4 Å². The molecule has 0 aliphatic heterocycles. The summed E-state index contributed by atoms with van der Waals surface area (Å²) in [6.07, 6.45) is 4.71. The zero-order chi connectivity index (χ0) is 16.2. The van der Waals surface area contributed by atoms with Gasteiger partial charge in [0.2, 0.25) is 10.0 Å². The third-order valence-corrected chi connectivity index (χ3v) is 5.59. The van der Waals surface area contributed by atoms with E-state index in [-0.39, 0.29) is 22.9 Å². The fourth-order valence-electron chi connectivity index (χ4n) is 2.54. The monoisotopic (exact) mass is 324 g/mol. The van der Waals surface area contributed by atoms with Crippen LogP contribution in [-0.2, 0) is 10.0 Å². The van der Waals surface area contributed by atoms with Gasteiger partial charge in [0.1, 0.15) is 0 Å². The van der Waals surface area contributed by atoms with Crippen molar-refractivity contribution in [3.05, 3.63) is 29.8 Å². The quantitative estimate of drug-likeness (QED) is 0.844. The van der Waals surface area contributed by atoms with Crippen molar-refractivity contribution in [3.63, 3.8) is 0 Å². The van der Waals surface area contributed by atoms with Gasteiger partial charge in [-0.25, -0.2) is 13.1 Å². The van der Waals surface area contributed by atoms with E-state index in [9.17, 15) is 13.2 Å². The lowest BCUT2D eigenvalue weighted by Gasteiger charge is -2.14. The van der Waals surface area contributed by atoms with Crippen LogP contribution in [0.25, 0.3) is 0 Å². The van der Waals surface area contributed by atoms with Crippen molar-refractivity contribution in [2.45, 2.75) is 62.9 Å². The smallest absolute Gasteiger partial charge is 0.251 e. The molecule has 0 saturated heterocycles. The van der Waals surface area contributed by atoms with Crippen LogP contribution in [0.5, 0.6) is 0 Å². The zero-order valence-corrected chi connectivity index (χ0v) is 13.9. The predicted molar refractivity (Wildman–Crippen MR) is 86.2 cm³/mol. The first-order valence-corrected chi connectivity index (χ1v) is 9.34. The number of amides is 1. The van der Waals surface area contributed by atoms with E-state index < -0.39 is 10.0 Å². The molecule has 1 unspecified atom stereocenters. The van der Waals surface area contributed by atoms with Gasteiger partial charge in [-0.15, -0.1) is 0 Å². The highest BCUT2D eigenvalue weighted by Gasteiger charge is 2.23. The maximum absolute atomic E-state index is 12.4. The lowest BCUT2D eigenvalue weighted by Crippen LogP contribution is -2.33. The van der Waals surface area contributed by atoms with Gasteiger partial charge in [0.25, 0.3) is 5.91 Å². The second-order valence-electron chi connectivity index (χ2n) is 5.91. The topological polar surface area (TPSA) is 75.3 Å². The molecular formula is C16H24N2O3S. The summed E-state index contributed by atoms with van der Waals surface area (Å²) in [6, 6.07) is 6.28. The Morgan fingerprint density at radius 3 is 2.64 bits per heavy atom. The summed E-state index contributed by atoms with van der Waals surface area (Å²) in [5.74, 6) is -0.243. The van der Waals surface area contributed by atoms with Crippen molar-refractivity contribution in [1.82, 2.24) is 10.0 Å². The van der Waals surface area contributed by atoms with Crippen molar-refractivity contribution in [1.29, 1.82) is 0 Å². The molecule has 2 N–H and O–H groups in total. The van der Waals surface area contributed by atoms with Crippen molar-refractivity contribution in [2.24, 2.45) is 0 Å². The highest BCUT2D eigenvalue weighted by molar-refractivity contribution is 7.89. The molecule has 1 aromatic carbocycles. The van der Waals surface area contributed by atoms with E-state index in [0.717, 1.165) is 32.1 Å². The summed E-state index contributed by atoms with van der Waals surface area (Å²) in [5, 5.41) is 2.84. The fourth-order valence-corrected chi connectivity index (χ4v) is 3.90. The van der Waals surface area contributed by atoms with E-state index >= 15 is 0 Å². The largest absolute Gasteiger partial charge is 0.350 e. The van der Waals surface area contributed by atoms with Crippen LogP contribution >= 0.6 is 0 Å². The average molecular weight is 324 g/mol. The summed E-state index contributed by atoms with van der Waals surface area (Å²) >= 11 is 0. The molecule has 0 radical (unpaired) electrons. The molecule has 0 bridgehead atoms. The number of nitrogens with one attached hydrogen (secondary N) is 2. The lowest BCUT2D eigenvalue weighted by atomic mass is 10.2. The third-order valence-electron chi connectivity index (χ3n) is 4.07. The predicted octanol–water partition coefficient (Wildman–Crippen LogP) is 2.44. The minimum absolute atomic E-state index is 0.0163. The number of carbonyl (C=O) groups excluding carboxylic acids is 1. The molecule has 0 aromatic heterocycles. The number of hydrogen-bond donors (Lipinski definition) is 2. The molecule has 1 fully saturated rings. The molecule has 1 saturated carbocycles. The summed E-state index contributed by atoms with van der Waals surface area (Å²) in [6.45, 7) is 3.90. The maximum Gasteiger partial charge on any atom is 0.251 e. The Balaban J connectivity index is 2.14. The van der Waals surface area contributed by atoms with Crippen molar-refractivity contribution >= 4 is 15.9 Å². The van der Waals surface area contributed by atoms with Crippen molar-refractivity contribution < 1.29 is 13.2 Å². The Kier molecular flexibility index (Phi) is 5.58. The summed E-state index contributed by atoms with van der Waals surface area (Å²) < 4.78 is 27.5. The normalized spacial score (nSPS) is 17.4. The minimum Gasteiger partial charge on any atom is -0.350 e. The lowest BCUT2D eigenvalue weighted by molar-refractivity contribution is 0.0939. The Morgan fingerprint density at radius 2 is 2.00 bits per heavy atom. The van der Waals surface area contributed by atoms with E-state index in [1.54, 1.807) is 12.1 Å². The summed E-state index contributed by atoms with van der Waals surface area (Å²) in [7, 11) is -3.56. The first kappa shape index (κ1) is 17.0. The van der Waals surface area contributed by atoms with Gasteiger partial charge < -0.3 is 5.32 Å². The molecule has 1 aromatic rings. The standard InChI is InChI=1S/C16H24N2O3S/c1-3-12(2)17-16(19)13-7-6-10-15(11-13)22(20,21)18-14-8-4-5-9-14/h6-7,10-12,14,18H,3-5,8-9H2,1-2H3,(H,17,19). The van der Waals surface area contributed by atoms with Gasteiger partial charge in [0.15, 0.2) is 0 Å². The molecule has 0 spiro atoms. The molecule has 6 heteroatoms. The van der Waals surface area contributed by atoms with E-state index in [1.807, 2.05) is 13.8 Å². The molecular weight excluding hydrogens is 300 g/mol. The SMILES string of the molecule is CCC(C)NC(=O)c1cccc(S(=O)(=O)NC2CCCC2)c1. The Bertz CT molecular complexity index is 622. The van der Waals surface area contributed by atoms with Crippen LogP contribution in [-0.4, -0.2) is 26.4 Å². The first-order chi connectivity index (χ1) is 10.4. The molecule has 1 amide bonds. The van der Waals surface area contributed by atoms with E-state index in [4.69, 9.17) is 0 Å². The molecule has 5 nitrogen and oxygen atoms in total. The van der Waals surface area contributed by atoms with Gasteiger partial charge in [-0.1, -0.05) is 25.8 Å². The number of benzene rings is 1. The molecule has 1 aliphatic carbocycles. The van der Waals surface area contributed by atoms with E-state index in [1.165, 1.54) is 12.1 Å². The van der Waals surface area contributed by atoms with E-state index in [0.29, 0.717) is 5.56 Å². The van der Waals surface area contributed by atoms with Crippen LogP contribution in [0.3, 0.4) is 0 Å². The second kappa shape index (κ2) is 7.24. The summed E-state index contributed by atoms with van der Waals surface area (Å²) in [5.41, 5.74) is 0.370. The van der Waals surface area contributed by atoms with Crippen LogP contribution in [0.2, 0.25) is 0 Å². The van der Waals surface area contributed by atoms with Crippen LogP contribution < -0.4 is 10.0 Å². The van der Waals surface area contributed by atoms with Gasteiger partial charge in [0.05, 0.1) is 4.90 Å². The Hall–Kier alpha value is -1.40. The highest BCUT2D eigenvalue weighted by Crippen LogP contribution is 2.20. The molecule has 1 aliphatic rings. The third kappa shape index (κ3) is 4.30. The van der Waals surface area contributed by atoms with Crippen molar-refractivity contribution in [3.8, 4) is 0 Å². The van der Waals surface area contributed by atoms with Gasteiger partial charge >= 0.3 is 0 Å². The van der Waals surface area contributed by atoms with Gasteiger partial charge in [0, 0.05) is 17.6 Å². The zero-order valence-electron chi connectivity index (χ0n) is 13.1. The highest BCUT2D eigenvalue weighted by atomic mass is 32.2. The first-order valence-electron chi connectivity index (χ1n) is 7.85. The van der Waals surface area contributed by atoms with E-state index in [2.05, 4.69) is 10.0 Å². The van der Waals surface area contributed by atoms with Crippen molar-refractivity contribution in [2.75, 3.05) is 0 Å². The van der Waals surface area contributed by atoms with Crippen LogP contribution in [0.4, 0.5) is 0 Å². The van der Waals surface area contributed by atoms with Crippen LogP contribution in [0.15, 0.2) is 29.2 Å². The molecule has 22 heavy (non-hydrogen) atoms. The fraction of sp³-hybridized carbons (Fsp3) is 0.562. The molecule has 0 heterocycles. The molecule has 122 valence electrons. The Morgan fingerprint density at radius 1 is 1.32 bits per heavy atom. The average Bonchev–Trinajstić information content (AvgIpc) is 2.99. The molecule has 2 rings (SSSR count). The second-order valence-corrected chi connectivity index (χ2v) is 7.63. The summed E-state index contributed by atoms with van der Waals surface area (Å²) in [4.78, 5) is 12.3. The number of rotatable bonds is 6. The molecule has 1 atom stereocenters. The van der Waals surface area contributed by atoms with Gasteiger partial charge in [-0.2, -0.15) is 0 Å². The van der Waals surface area contributed by atoms with Gasteiger partial charge in [-0.3, -0.25) is 4.79 Å². The Labute approximate surface area is 132 Å².